The van der Waals surface area contributed by atoms with Crippen LogP contribution in [0.4, 0.5) is 14.5 Å². The van der Waals surface area contributed by atoms with E-state index in [9.17, 15) is 18.9 Å². The summed E-state index contributed by atoms with van der Waals surface area (Å²) >= 11 is 0. The van der Waals surface area contributed by atoms with E-state index in [0.717, 1.165) is 17.7 Å². The summed E-state index contributed by atoms with van der Waals surface area (Å²) < 4.78 is 31.8. The Morgan fingerprint density at radius 2 is 1.75 bits per heavy atom. The van der Waals surface area contributed by atoms with Crippen molar-refractivity contribution >= 4 is 5.69 Å². The third-order valence-corrected chi connectivity index (χ3v) is 4.36. The normalized spacial score (nSPS) is 11.8. The lowest BCUT2D eigenvalue weighted by atomic mass is 9.97. The minimum absolute atomic E-state index is 0.0226. The number of benzene rings is 3. The van der Waals surface area contributed by atoms with Gasteiger partial charge in [-0.1, -0.05) is 30.3 Å². The predicted molar refractivity (Wildman–Crippen MR) is 101 cm³/mol. The van der Waals surface area contributed by atoms with E-state index in [1.165, 1.54) is 18.2 Å². The number of ether oxygens (including phenoxy) is 1. The van der Waals surface area contributed by atoms with Crippen molar-refractivity contribution in [1.82, 2.24) is 5.32 Å². The van der Waals surface area contributed by atoms with Crippen LogP contribution in [0.1, 0.15) is 22.7 Å². The van der Waals surface area contributed by atoms with Crippen LogP contribution in [-0.4, -0.2) is 12.0 Å². The van der Waals surface area contributed by atoms with Gasteiger partial charge in [-0.3, -0.25) is 10.1 Å². The molecule has 5 nitrogen and oxygen atoms in total. The van der Waals surface area contributed by atoms with Crippen molar-refractivity contribution in [2.24, 2.45) is 0 Å². The minimum atomic E-state index is -0.921. The number of halogens is 2. The average Bonchev–Trinajstić information content (AvgIpc) is 2.71. The summed E-state index contributed by atoms with van der Waals surface area (Å²) in [7, 11) is 1.56. The van der Waals surface area contributed by atoms with E-state index in [1.807, 2.05) is 12.1 Å². The first-order valence-corrected chi connectivity index (χ1v) is 8.53. The minimum Gasteiger partial charge on any atom is -0.497 e. The van der Waals surface area contributed by atoms with Gasteiger partial charge in [0.25, 0.3) is 5.69 Å². The molecule has 0 heterocycles. The topological polar surface area (TPSA) is 64.4 Å². The third kappa shape index (κ3) is 4.50. The summed E-state index contributed by atoms with van der Waals surface area (Å²) in [4.78, 5) is 10.7. The van der Waals surface area contributed by atoms with E-state index in [4.69, 9.17) is 4.74 Å². The molecular weight excluding hydrogens is 366 g/mol. The SMILES string of the molecule is COc1ccc(C(NCc2ccc(F)c(F)c2)c2cccc([N+](=O)[O-])c2)cc1. The number of methoxy groups -OCH3 is 1. The smallest absolute Gasteiger partial charge is 0.269 e. The molecule has 0 radical (unpaired) electrons. The molecular formula is C21H18F2N2O3. The highest BCUT2D eigenvalue weighted by Gasteiger charge is 2.17. The first-order chi connectivity index (χ1) is 13.5. The Morgan fingerprint density at radius 1 is 1.00 bits per heavy atom. The summed E-state index contributed by atoms with van der Waals surface area (Å²) in [5.41, 5.74) is 2.07. The zero-order valence-corrected chi connectivity index (χ0v) is 15.1. The zero-order valence-electron chi connectivity index (χ0n) is 15.1. The van der Waals surface area contributed by atoms with Crippen molar-refractivity contribution in [2.45, 2.75) is 12.6 Å². The molecule has 1 atom stereocenters. The fourth-order valence-corrected chi connectivity index (χ4v) is 2.91. The van der Waals surface area contributed by atoms with Crippen LogP contribution < -0.4 is 10.1 Å². The maximum Gasteiger partial charge on any atom is 0.269 e. The third-order valence-electron chi connectivity index (χ3n) is 4.36. The molecule has 1 unspecified atom stereocenters. The molecule has 3 aromatic carbocycles. The Bertz CT molecular complexity index is 978. The highest BCUT2D eigenvalue weighted by molar-refractivity contribution is 5.41. The van der Waals surface area contributed by atoms with Crippen molar-refractivity contribution in [1.29, 1.82) is 0 Å². The highest BCUT2D eigenvalue weighted by atomic mass is 19.2. The van der Waals surface area contributed by atoms with Gasteiger partial charge >= 0.3 is 0 Å². The van der Waals surface area contributed by atoms with E-state index < -0.39 is 16.6 Å². The number of nitrogens with one attached hydrogen (secondary N) is 1. The zero-order chi connectivity index (χ0) is 20.1. The summed E-state index contributed by atoms with van der Waals surface area (Å²) in [5, 5.41) is 14.4. The molecule has 0 aromatic heterocycles. The van der Waals surface area contributed by atoms with Gasteiger partial charge in [0, 0.05) is 18.7 Å². The van der Waals surface area contributed by atoms with Crippen LogP contribution in [0.5, 0.6) is 5.75 Å². The summed E-state index contributed by atoms with van der Waals surface area (Å²) in [6, 6.07) is 16.9. The molecule has 0 bridgehead atoms. The molecule has 0 amide bonds. The number of nitrogens with zero attached hydrogens (tertiary/aromatic N) is 1. The van der Waals surface area contributed by atoms with Crippen molar-refractivity contribution in [3.8, 4) is 5.75 Å². The molecule has 0 aliphatic carbocycles. The fourth-order valence-electron chi connectivity index (χ4n) is 2.91. The average molecular weight is 384 g/mol. The molecule has 0 fully saturated rings. The van der Waals surface area contributed by atoms with Gasteiger partial charge in [0.2, 0.25) is 0 Å². The Morgan fingerprint density at radius 3 is 2.39 bits per heavy atom. The second kappa shape index (κ2) is 8.58. The summed E-state index contributed by atoms with van der Waals surface area (Å²) in [5.74, 6) is -1.15. The molecule has 0 saturated heterocycles. The van der Waals surface area contributed by atoms with Gasteiger partial charge < -0.3 is 10.1 Å². The Kier molecular flexibility index (Phi) is 5.96. The summed E-state index contributed by atoms with van der Waals surface area (Å²) in [6.45, 7) is 0.247. The molecule has 0 aliphatic rings. The Hall–Kier alpha value is -3.32. The van der Waals surface area contributed by atoms with Gasteiger partial charge in [-0.2, -0.15) is 0 Å². The summed E-state index contributed by atoms with van der Waals surface area (Å²) in [6.07, 6.45) is 0. The van der Waals surface area contributed by atoms with E-state index in [-0.39, 0.29) is 18.3 Å². The molecule has 0 spiro atoms. The van der Waals surface area contributed by atoms with Crippen molar-refractivity contribution < 1.29 is 18.4 Å². The second-order valence-electron chi connectivity index (χ2n) is 6.19. The number of rotatable bonds is 7. The van der Waals surface area contributed by atoms with Crippen LogP contribution in [0.3, 0.4) is 0 Å². The van der Waals surface area contributed by atoms with Gasteiger partial charge in [0.15, 0.2) is 11.6 Å². The van der Waals surface area contributed by atoms with Crippen molar-refractivity contribution in [3.05, 3.63) is 105 Å². The lowest BCUT2D eigenvalue weighted by molar-refractivity contribution is -0.384. The molecule has 0 aliphatic heterocycles. The van der Waals surface area contributed by atoms with Gasteiger partial charge in [-0.15, -0.1) is 0 Å². The lowest BCUT2D eigenvalue weighted by Gasteiger charge is -2.20. The van der Waals surface area contributed by atoms with Gasteiger partial charge in [-0.05, 0) is 41.0 Å². The van der Waals surface area contributed by atoms with E-state index >= 15 is 0 Å². The van der Waals surface area contributed by atoms with Crippen LogP contribution in [0.25, 0.3) is 0 Å². The number of nitro groups is 1. The van der Waals surface area contributed by atoms with Crippen molar-refractivity contribution in [2.75, 3.05) is 7.11 Å². The quantitative estimate of drug-likeness (QED) is 0.471. The van der Waals surface area contributed by atoms with Crippen LogP contribution in [0.2, 0.25) is 0 Å². The Labute approximate surface area is 160 Å². The molecule has 3 rings (SSSR count). The van der Waals surface area contributed by atoms with E-state index in [2.05, 4.69) is 5.32 Å². The number of nitro benzene ring substituents is 1. The number of non-ortho nitro benzene ring substituents is 1. The Balaban J connectivity index is 1.92. The fraction of sp³-hybridized carbons (Fsp3) is 0.143. The standard InChI is InChI=1S/C21H18F2N2O3/c1-28-18-8-6-15(7-9-18)21(16-3-2-4-17(12-16)25(26)27)24-13-14-5-10-19(22)20(23)11-14/h2-12,21,24H,13H2,1H3. The number of hydrogen-bond donors (Lipinski definition) is 1. The lowest BCUT2D eigenvalue weighted by Crippen LogP contribution is -2.22. The highest BCUT2D eigenvalue weighted by Crippen LogP contribution is 2.27. The molecule has 28 heavy (non-hydrogen) atoms. The van der Waals surface area contributed by atoms with Gasteiger partial charge in [0.05, 0.1) is 18.1 Å². The van der Waals surface area contributed by atoms with E-state index in [0.29, 0.717) is 16.9 Å². The first-order valence-electron chi connectivity index (χ1n) is 8.53. The monoisotopic (exact) mass is 384 g/mol. The van der Waals surface area contributed by atoms with E-state index in [1.54, 1.807) is 31.4 Å². The second-order valence-corrected chi connectivity index (χ2v) is 6.19. The molecule has 7 heteroatoms. The van der Waals surface area contributed by atoms with Crippen LogP contribution in [0, 0.1) is 21.7 Å². The first kappa shape index (κ1) is 19.4. The molecule has 1 N–H and O–H groups in total. The van der Waals surface area contributed by atoms with Crippen LogP contribution >= 0.6 is 0 Å². The van der Waals surface area contributed by atoms with Crippen molar-refractivity contribution in [3.63, 3.8) is 0 Å². The molecule has 0 saturated carbocycles. The van der Waals surface area contributed by atoms with Crippen LogP contribution in [0.15, 0.2) is 66.7 Å². The maximum atomic E-state index is 13.5. The maximum absolute atomic E-state index is 13.5. The van der Waals surface area contributed by atoms with Crippen LogP contribution in [-0.2, 0) is 6.54 Å². The molecule has 3 aromatic rings. The predicted octanol–water partition coefficient (Wildman–Crippen LogP) is 4.76. The van der Waals surface area contributed by atoms with Gasteiger partial charge in [-0.25, -0.2) is 8.78 Å². The number of hydrogen-bond acceptors (Lipinski definition) is 4. The van der Waals surface area contributed by atoms with Gasteiger partial charge in [0.1, 0.15) is 5.75 Å². The molecule has 144 valence electrons. The largest absolute Gasteiger partial charge is 0.497 e.